The predicted octanol–water partition coefficient (Wildman–Crippen LogP) is 6.45. The van der Waals surface area contributed by atoms with Gasteiger partial charge in [-0.2, -0.15) is 5.26 Å². The van der Waals surface area contributed by atoms with Crippen LogP contribution in [0.15, 0.2) is 53.4 Å². The molecule has 1 amide bonds. The largest absolute Gasteiger partial charge is 0.494 e. The summed E-state index contributed by atoms with van der Waals surface area (Å²) >= 11 is 13.4. The third-order valence-electron chi connectivity index (χ3n) is 3.96. The number of nitrogens with one attached hydrogen (secondary N) is 1. The molecule has 0 bridgehead atoms. The number of halogens is 2. The van der Waals surface area contributed by atoms with E-state index in [1.165, 1.54) is 17.4 Å². The van der Waals surface area contributed by atoms with Crippen LogP contribution in [0, 0.1) is 11.3 Å². The molecular weight excluding hydrogens is 441 g/mol. The molecule has 0 saturated heterocycles. The Hall–Kier alpha value is -2.85. The topological polar surface area (TPSA) is 75.0 Å². The van der Waals surface area contributed by atoms with Crippen LogP contribution in [0.25, 0.3) is 17.3 Å². The Bertz CT molecular complexity index is 1120. The molecule has 2 aromatic carbocycles. The fourth-order valence-electron chi connectivity index (χ4n) is 2.51. The van der Waals surface area contributed by atoms with Gasteiger partial charge < -0.3 is 4.74 Å². The molecule has 1 N–H and O–H groups in total. The molecule has 0 spiro atoms. The lowest BCUT2D eigenvalue weighted by Crippen LogP contribution is -2.13. The zero-order chi connectivity index (χ0) is 21.5. The number of carbonyl (C=O) groups excluding carboxylic acids is 1. The van der Waals surface area contributed by atoms with E-state index in [0.717, 1.165) is 17.7 Å². The third kappa shape index (κ3) is 5.61. The van der Waals surface area contributed by atoms with Crippen LogP contribution in [0.4, 0.5) is 5.13 Å². The predicted molar refractivity (Wildman–Crippen MR) is 122 cm³/mol. The summed E-state index contributed by atoms with van der Waals surface area (Å²) in [6, 6.07) is 14.2. The normalized spacial score (nSPS) is 11.1. The summed E-state index contributed by atoms with van der Waals surface area (Å²) in [7, 11) is 0. The lowest BCUT2D eigenvalue weighted by atomic mass is 10.1. The van der Waals surface area contributed by atoms with E-state index in [9.17, 15) is 10.1 Å². The number of thiazole rings is 1. The van der Waals surface area contributed by atoms with Crippen LogP contribution >= 0.6 is 34.5 Å². The van der Waals surface area contributed by atoms with Crippen LogP contribution in [-0.4, -0.2) is 17.5 Å². The molecule has 0 aliphatic carbocycles. The van der Waals surface area contributed by atoms with Crippen LogP contribution in [0.1, 0.15) is 18.9 Å². The number of anilines is 1. The molecule has 0 atom stereocenters. The van der Waals surface area contributed by atoms with E-state index in [2.05, 4.69) is 10.3 Å². The smallest absolute Gasteiger partial charge is 0.268 e. The first-order valence-corrected chi connectivity index (χ1v) is 10.7. The van der Waals surface area contributed by atoms with Crippen molar-refractivity contribution in [1.82, 2.24) is 4.98 Å². The van der Waals surface area contributed by atoms with Gasteiger partial charge in [0.05, 0.1) is 17.3 Å². The fraction of sp³-hybridized carbons (Fsp3) is 0.136. The van der Waals surface area contributed by atoms with Crippen molar-refractivity contribution in [2.75, 3.05) is 11.9 Å². The van der Waals surface area contributed by atoms with Crippen LogP contribution < -0.4 is 10.1 Å². The number of hydrogen-bond acceptors (Lipinski definition) is 5. The van der Waals surface area contributed by atoms with E-state index in [0.29, 0.717) is 33.0 Å². The lowest BCUT2D eigenvalue weighted by molar-refractivity contribution is -0.112. The second kappa shape index (κ2) is 10.3. The minimum atomic E-state index is -0.535. The van der Waals surface area contributed by atoms with Gasteiger partial charge in [0.1, 0.15) is 17.4 Å². The highest BCUT2D eigenvalue weighted by atomic mass is 35.5. The van der Waals surface area contributed by atoms with E-state index in [4.69, 9.17) is 27.9 Å². The Labute approximate surface area is 188 Å². The van der Waals surface area contributed by atoms with Gasteiger partial charge in [-0.25, -0.2) is 4.98 Å². The quantitative estimate of drug-likeness (QED) is 0.326. The summed E-state index contributed by atoms with van der Waals surface area (Å²) in [6.07, 6.45) is 2.44. The van der Waals surface area contributed by atoms with E-state index in [1.54, 1.807) is 47.8 Å². The van der Waals surface area contributed by atoms with Crippen LogP contribution in [0.5, 0.6) is 5.75 Å². The fourth-order valence-corrected chi connectivity index (χ4v) is 3.72. The Morgan fingerprint density at radius 1 is 1.27 bits per heavy atom. The summed E-state index contributed by atoms with van der Waals surface area (Å²) in [6.45, 7) is 2.67. The molecule has 3 aromatic rings. The van der Waals surface area contributed by atoms with Crippen LogP contribution in [0.3, 0.4) is 0 Å². The standard InChI is InChI=1S/C22H17Cl2N3O2S/c1-2-9-29-17-6-3-14(4-7-17)10-15(12-25)21(28)27-22-26-20(13-30-22)18-8-5-16(23)11-19(18)24/h3-8,10-11,13H,2,9H2,1H3,(H,26,27,28)/b15-10+. The highest BCUT2D eigenvalue weighted by molar-refractivity contribution is 7.14. The summed E-state index contributed by atoms with van der Waals surface area (Å²) in [5.41, 5.74) is 2.01. The van der Waals surface area contributed by atoms with Crippen molar-refractivity contribution in [3.8, 4) is 23.1 Å². The van der Waals surface area contributed by atoms with Crippen molar-refractivity contribution in [2.24, 2.45) is 0 Å². The first-order valence-electron chi connectivity index (χ1n) is 9.07. The molecule has 3 rings (SSSR count). The summed E-state index contributed by atoms with van der Waals surface area (Å²) in [5, 5.41) is 15.2. The Morgan fingerprint density at radius 2 is 2.03 bits per heavy atom. The molecule has 0 unspecified atom stereocenters. The summed E-state index contributed by atoms with van der Waals surface area (Å²) in [5.74, 6) is 0.208. The number of rotatable bonds is 7. The molecule has 30 heavy (non-hydrogen) atoms. The minimum Gasteiger partial charge on any atom is -0.494 e. The van der Waals surface area contributed by atoms with Crippen LogP contribution in [-0.2, 0) is 4.79 Å². The first kappa shape index (κ1) is 21.8. The maximum atomic E-state index is 12.5. The van der Waals surface area contributed by atoms with Crippen LogP contribution in [0.2, 0.25) is 10.0 Å². The second-order valence-corrected chi connectivity index (χ2v) is 7.91. The molecule has 1 aromatic heterocycles. The zero-order valence-electron chi connectivity index (χ0n) is 16.0. The van der Waals surface area contributed by atoms with E-state index in [-0.39, 0.29) is 5.57 Å². The molecule has 0 radical (unpaired) electrons. The van der Waals surface area contributed by atoms with Crippen molar-refractivity contribution in [3.05, 3.63) is 69.0 Å². The van der Waals surface area contributed by atoms with Gasteiger partial charge in [-0.1, -0.05) is 42.3 Å². The number of ether oxygens (including phenoxy) is 1. The van der Waals surface area contributed by atoms with Gasteiger partial charge in [0, 0.05) is 16.0 Å². The van der Waals surface area contributed by atoms with Gasteiger partial charge in [0.25, 0.3) is 5.91 Å². The molecule has 0 fully saturated rings. The van der Waals surface area contributed by atoms with Crippen molar-refractivity contribution >= 4 is 51.7 Å². The number of nitrogens with zero attached hydrogens (tertiary/aromatic N) is 2. The first-order chi connectivity index (χ1) is 14.5. The molecule has 152 valence electrons. The van der Waals surface area contributed by atoms with Crippen molar-refractivity contribution in [2.45, 2.75) is 13.3 Å². The maximum absolute atomic E-state index is 12.5. The summed E-state index contributed by atoms with van der Waals surface area (Å²) in [4.78, 5) is 16.9. The molecule has 0 saturated carbocycles. The van der Waals surface area contributed by atoms with Crippen molar-refractivity contribution in [1.29, 1.82) is 5.26 Å². The number of benzene rings is 2. The van der Waals surface area contributed by atoms with E-state index in [1.807, 2.05) is 13.0 Å². The zero-order valence-corrected chi connectivity index (χ0v) is 18.3. The van der Waals surface area contributed by atoms with Gasteiger partial charge in [-0.15, -0.1) is 11.3 Å². The average molecular weight is 458 g/mol. The second-order valence-electron chi connectivity index (χ2n) is 6.20. The number of hydrogen-bond donors (Lipinski definition) is 1. The van der Waals surface area contributed by atoms with E-state index >= 15 is 0 Å². The Kier molecular flexibility index (Phi) is 7.47. The molecular formula is C22H17Cl2N3O2S. The molecule has 0 aliphatic heterocycles. The minimum absolute atomic E-state index is 0.0292. The van der Waals surface area contributed by atoms with Gasteiger partial charge in [0.15, 0.2) is 5.13 Å². The van der Waals surface area contributed by atoms with E-state index < -0.39 is 5.91 Å². The van der Waals surface area contributed by atoms with Crippen molar-refractivity contribution in [3.63, 3.8) is 0 Å². The highest BCUT2D eigenvalue weighted by Gasteiger charge is 2.14. The Morgan fingerprint density at radius 3 is 2.70 bits per heavy atom. The number of nitriles is 1. The monoisotopic (exact) mass is 457 g/mol. The molecule has 5 nitrogen and oxygen atoms in total. The lowest BCUT2D eigenvalue weighted by Gasteiger charge is -2.04. The van der Waals surface area contributed by atoms with Gasteiger partial charge >= 0.3 is 0 Å². The highest BCUT2D eigenvalue weighted by Crippen LogP contribution is 2.32. The third-order valence-corrected chi connectivity index (χ3v) is 5.27. The summed E-state index contributed by atoms with van der Waals surface area (Å²) < 4.78 is 5.53. The number of aromatic nitrogens is 1. The van der Waals surface area contributed by atoms with Crippen molar-refractivity contribution < 1.29 is 9.53 Å². The SMILES string of the molecule is CCCOc1ccc(/C=C(\C#N)C(=O)Nc2nc(-c3ccc(Cl)cc3Cl)cs2)cc1. The van der Waals surface area contributed by atoms with Gasteiger partial charge in [-0.05, 0) is 48.4 Å². The average Bonchev–Trinajstić information content (AvgIpc) is 3.19. The van der Waals surface area contributed by atoms with Gasteiger partial charge in [-0.3, -0.25) is 10.1 Å². The molecule has 1 heterocycles. The molecule has 8 heteroatoms. The number of carbonyl (C=O) groups is 1. The maximum Gasteiger partial charge on any atom is 0.268 e. The molecule has 0 aliphatic rings. The number of amides is 1. The Balaban J connectivity index is 1.72. The van der Waals surface area contributed by atoms with Gasteiger partial charge in [0.2, 0.25) is 0 Å².